The third-order valence-electron chi connectivity index (χ3n) is 3.88. The Morgan fingerprint density at radius 1 is 1.45 bits per heavy atom. The van der Waals surface area contributed by atoms with Crippen molar-refractivity contribution in [3.8, 4) is 0 Å². The molecule has 0 amide bonds. The number of likely N-dealkylation sites (N-methyl/N-ethyl adjacent to an activating group) is 1. The molecule has 0 unspecified atom stereocenters. The lowest BCUT2D eigenvalue weighted by molar-refractivity contribution is -0.0396. The molecule has 0 radical (unpaired) electrons. The van der Waals surface area contributed by atoms with E-state index >= 15 is 0 Å². The average Bonchev–Trinajstić information content (AvgIpc) is 3.03. The number of hydrogen-bond acceptors (Lipinski definition) is 5. The maximum atomic E-state index is 6.02. The molecule has 3 rings (SSSR count). The number of hydrogen-bond donors (Lipinski definition) is 1. The molecule has 0 bridgehead atoms. The van der Waals surface area contributed by atoms with Crippen molar-refractivity contribution >= 4 is 22.9 Å². The first-order valence-corrected chi connectivity index (χ1v) is 8.70. The van der Waals surface area contributed by atoms with Gasteiger partial charge in [-0.25, -0.2) is 4.98 Å². The second kappa shape index (κ2) is 7.53. The van der Waals surface area contributed by atoms with Crippen molar-refractivity contribution in [2.75, 3.05) is 26.7 Å². The van der Waals surface area contributed by atoms with Crippen LogP contribution in [0.15, 0.2) is 35.2 Å². The van der Waals surface area contributed by atoms with E-state index < -0.39 is 0 Å². The van der Waals surface area contributed by atoms with E-state index in [0.717, 1.165) is 37.0 Å². The molecule has 0 saturated carbocycles. The van der Waals surface area contributed by atoms with Crippen LogP contribution in [0.1, 0.15) is 17.3 Å². The SMILES string of the molecule is CN1CCO[C@H]([C@H](NCc2cscn2)c2ccc(Cl)cc2)C1. The number of nitrogens with one attached hydrogen (secondary N) is 1. The van der Waals surface area contributed by atoms with Crippen LogP contribution in [-0.4, -0.2) is 42.7 Å². The van der Waals surface area contributed by atoms with Gasteiger partial charge in [-0.2, -0.15) is 0 Å². The molecule has 1 fully saturated rings. The quantitative estimate of drug-likeness (QED) is 0.910. The van der Waals surface area contributed by atoms with Crippen LogP contribution in [0.2, 0.25) is 5.02 Å². The summed E-state index contributed by atoms with van der Waals surface area (Å²) in [4.78, 5) is 6.65. The van der Waals surface area contributed by atoms with Crippen molar-refractivity contribution in [2.24, 2.45) is 0 Å². The van der Waals surface area contributed by atoms with Crippen molar-refractivity contribution in [3.63, 3.8) is 0 Å². The van der Waals surface area contributed by atoms with Crippen molar-refractivity contribution in [2.45, 2.75) is 18.7 Å². The Balaban J connectivity index is 1.76. The normalized spacial score (nSPS) is 20.9. The molecule has 1 aliphatic heterocycles. The van der Waals surface area contributed by atoms with Crippen molar-refractivity contribution in [3.05, 3.63) is 51.4 Å². The summed E-state index contributed by atoms with van der Waals surface area (Å²) in [5, 5.41) is 6.42. The Kier molecular flexibility index (Phi) is 5.44. The number of rotatable bonds is 5. The molecular formula is C16H20ClN3OS. The zero-order valence-electron chi connectivity index (χ0n) is 12.5. The summed E-state index contributed by atoms with van der Waals surface area (Å²) in [5.74, 6) is 0. The summed E-state index contributed by atoms with van der Waals surface area (Å²) in [6, 6.07) is 8.13. The molecule has 0 spiro atoms. The first-order chi connectivity index (χ1) is 10.7. The highest BCUT2D eigenvalue weighted by molar-refractivity contribution is 7.07. The first-order valence-electron chi connectivity index (χ1n) is 7.38. The van der Waals surface area contributed by atoms with Gasteiger partial charge in [-0.15, -0.1) is 11.3 Å². The van der Waals surface area contributed by atoms with Gasteiger partial charge in [-0.3, -0.25) is 0 Å². The fourth-order valence-electron chi connectivity index (χ4n) is 2.69. The van der Waals surface area contributed by atoms with Crippen molar-refractivity contribution in [1.82, 2.24) is 15.2 Å². The molecule has 2 atom stereocenters. The van der Waals surface area contributed by atoms with Crippen LogP contribution < -0.4 is 5.32 Å². The highest BCUT2D eigenvalue weighted by Crippen LogP contribution is 2.24. The van der Waals surface area contributed by atoms with E-state index in [-0.39, 0.29) is 12.1 Å². The van der Waals surface area contributed by atoms with E-state index in [1.807, 2.05) is 17.6 Å². The minimum atomic E-state index is 0.124. The van der Waals surface area contributed by atoms with E-state index in [2.05, 4.69) is 39.8 Å². The lowest BCUT2D eigenvalue weighted by Crippen LogP contribution is -2.46. The highest BCUT2D eigenvalue weighted by atomic mass is 35.5. The molecule has 1 aromatic carbocycles. The average molecular weight is 338 g/mol. The number of thiazole rings is 1. The topological polar surface area (TPSA) is 37.4 Å². The number of benzene rings is 1. The second-order valence-electron chi connectivity index (χ2n) is 5.56. The second-order valence-corrected chi connectivity index (χ2v) is 6.72. The molecule has 22 heavy (non-hydrogen) atoms. The van der Waals surface area contributed by atoms with Gasteiger partial charge in [-0.05, 0) is 24.7 Å². The number of halogens is 1. The van der Waals surface area contributed by atoms with Crippen LogP contribution in [-0.2, 0) is 11.3 Å². The van der Waals surface area contributed by atoms with Gasteiger partial charge in [0.2, 0.25) is 0 Å². The van der Waals surface area contributed by atoms with Crippen LogP contribution >= 0.6 is 22.9 Å². The maximum Gasteiger partial charge on any atom is 0.0896 e. The van der Waals surface area contributed by atoms with Crippen LogP contribution in [0, 0.1) is 0 Å². The van der Waals surface area contributed by atoms with E-state index in [1.54, 1.807) is 11.3 Å². The lowest BCUT2D eigenvalue weighted by Gasteiger charge is -2.35. The molecule has 2 aromatic rings. The third-order valence-corrected chi connectivity index (χ3v) is 4.77. The minimum Gasteiger partial charge on any atom is -0.374 e. The Morgan fingerprint density at radius 2 is 2.27 bits per heavy atom. The Hall–Kier alpha value is -0.980. The molecule has 118 valence electrons. The van der Waals surface area contributed by atoms with Gasteiger partial charge in [0.15, 0.2) is 0 Å². The summed E-state index contributed by atoms with van der Waals surface area (Å²) in [6.45, 7) is 3.40. The number of nitrogens with zero attached hydrogens (tertiary/aromatic N) is 2. The number of aromatic nitrogens is 1. The summed E-state index contributed by atoms with van der Waals surface area (Å²) >= 11 is 7.63. The van der Waals surface area contributed by atoms with E-state index in [4.69, 9.17) is 16.3 Å². The van der Waals surface area contributed by atoms with Gasteiger partial charge >= 0.3 is 0 Å². The summed E-state index contributed by atoms with van der Waals surface area (Å²) in [5.41, 5.74) is 4.12. The Bertz CT molecular complexity index is 576. The summed E-state index contributed by atoms with van der Waals surface area (Å²) in [7, 11) is 2.13. The standard InChI is InChI=1S/C16H20ClN3OS/c1-20-6-7-21-15(9-20)16(12-2-4-13(17)5-3-12)18-8-14-10-22-11-19-14/h2-5,10-11,15-16,18H,6-9H2,1H3/t15-,16+/m0/s1. The molecule has 6 heteroatoms. The largest absolute Gasteiger partial charge is 0.374 e. The van der Waals surface area contributed by atoms with Crippen molar-refractivity contribution < 1.29 is 4.74 Å². The predicted octanol–water partition coefficient (Wildman–Crippen LogP) is 2.96. The summed E-state index contributed by atoms with van der Waals surface area (Å²) in [6.07, 6.45) is 0.124. The third kappa shape index (κ3) is 4.06. The zero-order valence-corrected chi connectivity index (χ0v) is 14.1. The Labute approximate surface area is 140 Å². The van der Waals surface area contributed by atoms with Gasteiger partial charge < -0.3 is 15.0 Å². The van der Waals surface area contributed by atoms with Crippen molar-refractivity contribution in [1.29, 1.82) is 0 Å². The molecular weight excluding hydrogens is 318 g/mol. The molecule has 4 nitrogen and oxygen atoms in total. The van der Waals surface area contributed by atoms with Gasteiger partial charge in [0.05, 0.1) is 30.0 Å². The molecule has 1 N–H and O–H groups in total. The van der Waals surface area contributed by atoms with Crippen LogP contribution in [0.25, 0.3) is 0 Å². The van der Waals surface area contributed by atoms with E-state index in [9.17, 15) is 0 Å². The fraction of sp³-hybridized carbons (Fsp3) is 0.438. The minimum absolute atomic E-state index is 0.124. The van der Waals surface area contributed by atoms with Gasteiger partial charge in [-0.1, -0.05) is 23.7 Å². The van der Waals surface area contributed by atoms with Gasteiger partial charge in [0.1, 0.15) is 0 Å². The number of morpholine rings is 1. The lowest BCUT2D eigenvalue weighted by atomic mass is 10.00. The molecule has 1 saturated heterocycles. The smallest absolute Gasteiger partial charge is 0.0896 e. The predicted molar refractivity (Wildman–Crippen MR) is 90.4 cm³/mol. The monoisotopic (exact) mass is 337 g/mol. The van der Waals surface area contributed by atoms with E-state index in [1.165, 1.54) is 5.56 Å². The number of ether oxygens (including phenoxy) is 1. The molecule has 1 aliphatic rings. The van der Waals surface area contributed by atoms with Gasteiger partial charge in [0.25, 0.3) is 0 Å². The molecule has 0 aliphatic carbocycles. The van der Waals surface area contributed by atoms with Crippen LogP contribution in [0.5, 0.6) is 0 Å². The Morgan fingerprint density at radius 3 is 2.95 bits per heavy atom. The fourth-order valence-corrected chi connectivity index (χ4v) is 3.37. The molecule has 2 heterocycles. The zero-order chi connectivity index (χ0) is 15.4. The summed E-state index contributed by atoms with van der Waals surface area (Å²) < 4.78 is 6.01. The molecule has 1 aromatic heterocycles. The van der Waals surface area contributed by atoms with Crippen LogP contribution in [0.3, 0.4) is 0 Å². The highest BCUT2D eigenvalue weighted by Gasteiger charge is 2.27. The van der Waals surface area contributed by atoms with E-state index in [0.29, 0.717) is 0 Å². The first kappa shape index (κ1) is 15.9. The van der Waals surface area contributed by atoms with Crippen LogP contribution in [0.4, 0.5) is 0 Å². The van der Waals surface area contributed by atoms with Gasteiger partial charge in [0, 0.05) is 30.0 Å². The maximum absolute atomic E-state index is 6.02.